The third-order valence-electron chi connectivity index (χ3n) is 3.22. The normalized spacial score (nSPS) is 10.8. The SMILES string of the molecule is CCC(CC)CNc1cccc(-c2nnco2)c1. The van der Waals surface area contributed by atoms with Crippen molar-refractivity contribution in [2.45, 2.75) is 26.7 Å². The molecule has 0 amide bonds. The van der Waals surface area contributed by atoms with Crippen LogP contribution in [0.1, 0.15) is 26.7 Å². The van der Waals surface area contributed by atoms with Crippen LogP contribution in [0.3, 0.4) is 0 Å². The Morgan fingerprint density at radius 3 is 2.78 bits per heavy atom. The zero-order valence-electron chi connectivity index (χ0n) is 10.9. The lowest BCUT2D eigenvalue weighted by Crippen LogP contribution is -2.12. The molecular weight excluding hydrogens is 226 g/mol. The van der Waals surface area contributed by atoms with E-state index in [-0.39, 0.29) is 0 Å². The van der Waals surface area contributed by atoms with E-state index in [4.69, 9.17) is 4.42 Å². The second kappa shape index (κ2) is 6.19. The van der Waals surface area contributed by atoms with Crippen LogP contribution in [0.4, 0.5) is 5.69 Å². The lowest BCUT2D eigenvalue weighted by Gasteiger charge is -2.14. The summed E-state index contributed by atoms with van der Waals surface area (Å²) in [4.78, 5) is 0. The zero-order chi connectivity index (χ0) is 12.8. The molecule has 0 saturated heterocycles. The monoisotopic (exact) mass is 245 g/mol. The highest BCUT2D eigenvalue weighted by Gasteiger charge is 2.06. The van der Waals surface area contributed by atoms with Crippen LogP contribution in [0.15, 0.2) is 35.1 Å². The van der Waals surface area contributed by atoms with Crippen molar-refractivity contribution in [1.82, 2.24) is 10.2 Å². The van der Waals surface area contributed by atoms with Gasteiger partial charge in [0.2, 0.25) is 12.3 Å². The van der Waals surface area contributed by atoms with Crippen molar-refractivity contribution in [2.24, 2.45) is 5.92 Å². The molecule has 1 aromatic carbocycles. The molecular formula is C14H19N3O. The molecule has 0 radical (unpaired) electrons. The van der Waals surface area contributed by atoms with Crippen molar-refractivity contribution >= 4 is 5.69 Å². The molecule has 4 heteroatoms. The first-order valence-electron chi connectivity index (χ1n) is 6.44. The van der Waals surface area contributed by atoms with E-state index < -0.39 is 0 Å². The molecule has 0 bridgehead atoms. The van der Waals surface area contributed by atoms with Crippen LogP contribution < -0.4 is 5.32 Å². The molecule has 96 valence electrons. The van der Waals surface area contributed by atoms with Crippen molar-refractivity contribution in [3.8, 4) is 11.5 Å². The number of hydrogen-bond acceptors (Lipinski definition) is 4. The van der Waals surface area contributed by atoms with Gasteiger partial charge in [-0.05, 0) is 24.1 Å². The van der Waals surface area contributed by atoms with Crippen LogP contribution >= 0.6 is 0 Å². The van der Waals surface area contributed by atoms with Gasteiger partial charge in [-0.25, -0.2) is 0 Å². The molecule has 0 saturated carbocycles. The largest absolute Gasteiger partial charge is 0.423 e. The predicted molar refractivity (Wildman–Crippen MR) is 72.3 cm³/mol. The zero-order valence-corrected chi connectivity index (χ0v) is 10.9. The topological polar surface area (TPSA) is 51.0 Å². The summed E-state index contributed by atoms with van der Waals surface area (Å²) >= 11 is 0. The minimum absolute atomic E-state index is 0.557. The molecule has 0 spiro atoms. The fourth-order valence-electron chi connectivity index (χ4n) is 1.90. The molecule has 2 aromatic rings. The summed E-state index contributed by atoms with van der Waals surface area (Å²) < 4.78 is 5.19. The standard InChI is InChI=1S/C14H19N3O/c1-3-11(4-2)9-15-13-7-5-6-12(8-13)14-17-16-10-18-14/h5-8,10-11,15H,3-4,9H2,1-2H3. The summed E-state index contributed by atoms with van der Waals surface area (Å²) in [6.45, 7) is 5.45. The molecule has 2 rings (SSSR count). The number of nitrogens with one attached hydrogen (secondary N) is 1. The van der Waals surface area contributed by atoms with Gasteiger partial charge in [-0.1, -0.05) is 32.8 Å². The van der Waals surface area contributed by atoms with Crippen LogP contribution in [-0.4, -0.2) is 16.7 Å². The minimum atomic E-state index is 0.557. The lowest BCUT2D eigenvalue weighted by atomic mass is 10.0. The Morgan fingerprint density at radius 2 is 2.11 bits per heavy atom. The molecule has 0 atom stereocenters. The van der Waals surface area contributed by atoms with Crippen LogP contribution in [0.5, 0.6) is 0 Å². The van der Waals surface area contributed by atoms with Gasteiger partial charge in [-0.2, -0.15) is 0 Å². The van der Waals surface area contributed by atoms with Crippen LogP contribution in [0, 0.1) is 5.92 Å². The fourth-order valence-corrected chi connectivity index (χ4v) is 1.90. The van der Waals surface area contributed by atoms with Gasteiger partial charge in [-0.15, -0.1) is 10.2 Å². The number of aromatic nitrogens is 2. The maximum atomic E-state index is 5.19. The van der Waals surface area contributed by atoms with Gasteiger partial charge in [0, 0.05) is 17.8 Å². The van der Waals surface area contributed by atoms with Gasteiger partial charge in [0.25, 0.3) is 0 Å². The average molecular weight is 245 g/mol. The van der Waals surface area contributed by atoms with Crippen LogP contribution in [0.25, 0.3) is 11.5 Å². The summed E-state index contributed by atoms with van der Waals surface area (Å²) in [5, 5.41) is 11.1. The van der Waals surface area contributed by atoms with E-state index in [1.165, 1.54) is 19.2 Å². The van der Waals surface area contributed by atoms with Gasteiger partial charge in [-0.3, -0.25) is 0 Å². The van der Waals surface area contributed by atoms with Crippen molar-refractivity contribution in [2.75, 3.05) is 11.9 Å². The molecule has 1 heterocycles. The predicted octanol–water partition coefficient (Wildman–Crippen LogP) is 3.58. The highest BCUT2D eigenvalue weighted by Crippen LogP contribution is 2.20. The van der Waals surface area contributed by atoms with E-state index in [2.05, 4.69) is 35.4 Å². The van der Waals surface area contributed by atoms with Crippen molar-refractivity contribution in [3.05, 3.63) is 30.7 Å². The number of anilines is 1. The van der Waals surface area contributed by atoms with Gasteiger partial charge < -0.3 is 9.73 Å². The summed E-state index contributed by atoms with van der Waals surface area (Å²) in [6.07, 6.45) is 3.75. The number of hydrogen-bond donors (Lipinski definition) is 1. The molecule has 1 N–H and O–H groups in total. The van der Waals surface area contributed by atoms with E-state index in [1.807, 2.05) is 18.2 Å². The molecule has 4 nitrogen and oxygen atoms in total. The van der Waals surface area contributed by atoms with Gasteiger partial charge in [0.15, 0.2) is 0 Å². The van der Waals surface area contributed by atoms with Crippen molar-refractivity contribution in [3.63, 3.8) is 0 Å². The third kappa shape index (κ3) is 3.09. The van der Waals surface area contributed by atoms with E-state index >= 15 is 0 Å². The average Bonchev–Trinajstić information content (AvgIpc) is 2.94. The van der Waals surface area contributed by atoms with E-state index in [9.17, 15) is 0 Å². The second-order valence-corrected chi connectivity index (χ2v) is 4.39. The fraction of sp³-hybridized carbons (Fsp3) is 0.429. The summed E-state index contributed by atoms with van der Waals surface area (Å²) in [6, 6.07) is 8.06. The first-order valence-corrected chi connectivity index (χ1v) is 6.44. The van der Waals surface area contributed by atoms with Crippen molar-refractivity contribution < 1.29 is 4.42 Å². The summed E-state index contributed by atoms with van der Waals surface area (Å²) in [5.41, 5.74) is 2.04. The van der Waals surface area contributed by atoms with Gasteiger partial charge in [0.1, 0.15) is 0 Å². The van der Waals surface area contributed by atoms with E-state index in [0.29, 0.717) is 5.89 Å². The van der Waals surface area contributed by atoms with Crippen LogP contribution in [-0.2, 0) is 0 Å². The number of rotatable bonds is 6. The third-order valence-corrected chi connectivity index (χ3v) is 3.22. The molecule has 0 aliphatic heterocycles. The highest BCUT2D eigenvalue weighted by molar-refractivity contribution is 5.60. The Labute approximate surface area is 107 Å². The maximum Gasteiger partial charge on any atom is 0.247 e. The Hall–Kier alpha value is -1.84. The Kier molecular flexibility index (Phi) is 4.34. The molecule has 0 aliphatic rings. The quantitative estimate of drug-likeness (QED) is 0.845. The van der Waals surface area contributed by atoms with Gasteiger partial charge in [0.05, 0.1) is 0 Å². The van der Waals surface area contributed by atoms with E-state index in [1.54, 1.807) is 0 Å². The number of nitrogens with zero attached hydrogens (tertiary/aromatic N) is 2. The molecule has 0 aliphatic carbocycles. The number of benzene rings is 1. The summed E-state index contributed by atoms with van der Waals surface area (Å²) in [7, 11) is 0. The van der Waals surface area contributed by atoms with E-state index in [0.717, 1.165) is 23.7 Å². The Bertz CT molecular complexity index is 464. The van der Waals surface area contributed by atoms with Crippen LogP contribution in [0.2, 0.25) is 0 Å². The summed E-state index contributed by atoms with van der Waals surface area (Å²) in [5.74, 6) is 1.28. The van der Waals surface area contributed by atoms with Gasteiger partial charge >= 0.3 is 0 Å². The highest BCUT2D eigenvalue weighted by atomic mass is 16.4. The Morgan fingerprint density at radius 1 is 1.28 bits per heavy atom. The molecule has 1 aromatic heterocycles. The first kappa shape index (κ1) is 12.6. The van der Waals surface area contributed by atoms with Crippen molar-refractivity contribution in [1.29, 1.82) is 0 Å². The molecule has 0 unspecified atom stereocenters. The first-order chi connectivity index (χ1) is 8.83. The molecule has 18 heavy (non-hydrogen) atoms. The lowest BCUT2D eigenvalue weighted by molar-refractivity contribution is 0.519. The maximum absolute atomic E-state index is 5.19. The second-order valence-electron chi connectivity index (χ2n) is 4.39. The molecule has 0 fully saturated rings. The Balaban J connectivity index is 2.04. The minimum Gasteiger partial charge on any atom is -0.423 e. The smallest absolute Gasteiger partial charge is 0.247 e.